The largest absolute Gasteiger partial charge is 0.321 e. The van der Waals surface area contributed by atoms with Crippen LogP contribution < -0.4 is 10.2 Å². The summed E-state index contributed by atoms with van der Waals surface area (Å²) >= 11 is 1.12. The molecule has 0 saturated carbocycles. The van der Waals surface area contributed by atoms with Crippen LogP contribution in [0.2, 0.25) is 0 Å². The first-order chi connectivity index (χ1) is 16.4. The lowest BCUT2D eigenvalue weighted by Crippen LogP contribution is -2.30. The number of carbonyl (C=O) groups is 2. The van der Waals surface area contributed by atoms with Gasteiger partial charge in [0.1, 0.15) is 28.3 Å². The van der Waals surface area contributed by atoms with Crippen molar-refractivity contribution >= 4 is 35.0 Å². The molecule has 1 fully saturated rings. The first kappa shape index (κ1) is 23.2. The molecule has 1 atom stereocenters. The maximum absolute atomic E-state index is 13.5. The van der Waals surface area contributed by atoms with Gasteiger partial charge in [-0.05, 0) is 67.4 Å². The maximum atomic E-state index is 13.5. The van der Waals surface area contributed by atoms with Crippen LogP contribution in [0.5, 0.6) is 0 Å². The molecule has 0 bridgehead atoms. The van der Waals surface area contributed by atoms with Gasteiger partial charge in [-0.1, -0.05) is 41.6 Å². The molecule has 1 N–H and O–H groups in total. The van der Waals surface area contributed by atoms with E-state index in [0.29, 0.717) is 17.8 Å². The molecule has 0 aromatic heterocycles. The van der Waals surface area contributed by atoms with Crippen LogP contribution in [-0.2, 0) is 16.0 Å². The fourth-order valence-corrected chi connectivity index (χ4v) is 4.79. The summed E-state index contributed by atoms with van der Waals surface area (Å²) in [5.41, 5.74) is 2.41. The molecule has 170 valence electrons. The number of thioether (sulfide) groups is 1. The summed E-state index contributed by atoms with van der Waals surface area (Å²) in [6.45, 7) is 1.97. The molecule has 34 heavy (non-hydrogen) atoms. The Morgan fingerprint density at radius 1 is 1.00 bits per heavy atom. The van der Waals surface area contributed by atoms with E-state index < -0.39 is 22.8 Å². The molecule has 3 aromatic carbocycles. The van der Waals surface area contributed by atoms with Crippen LogP contribution in [0.25, 0.3) is 0 Å². The average molecular weight is 476 g/mol. The summed E-state index contributed by atoms with van der Waals surface area (Å²) in [6, 6.07) is 20.1. The molecule has 5 nitrogen and oxygen atoms in total. The number of carbonyl (C=O) groups excluding carboxylic acids is 2. The van der Waals surface area contributed by atoms with Gasteiger partial charge < -0.3 is 5.32 Å². The highest BCUT2D eigenvalue weighted by atomic mass is 32.2. The summed E-state index contributed by atoms with van der Waals surface area (Å²) in [7, 11) is 0. The van der Waals surface area contributed by atoms with Crippen LogP contribution in [0.1, 0.15) is 11.1 Å². The number of nitrogens with one attached hydrogen (secondary N) is 1. The lowest BCUT2D eigenvalue weighted by molar-refractivity contribution is -0.117. The quantitative estimate of drug-likeness (QED) is 0.400. The van der Waals surface area contributed by atoms with Crippen molar-refractivity contribution in [1.82, 2.24) is 0 Å². The van der Waals surface area contributed by atoms with Crippen molar-refractivity contribution in [3.8, 4) is 6.07 Å². The third-order valence-electron chi connectivity index (χ3n) is 5.23. The van der Waals surface area contributed by atoms with Gasteiger partial charge >= 0.3 is 0 Å². The van der Waals surface area contributed by atoms with Crippen LogP contribution in [0.4, 0.5) is 20.2 Å². The number of aryl methyl sites for hydroxylation is 1. The fourth-order valence-electron chi connectivity index (χ4n) is 3.48. The summed E-state index contributed by atoms with van der Waals surface area (Å²) in [6.07, 6.45) is 0.392. The Bertz CT molecular complexity index is 1300. The molecule has 8 heteroatoms. The van der Waals surface area contributed by atoms with Crippen molar-refractivity contribution < 1.29 is 18.4 Å². The van der Waals surface area contributed by atoms with Crippen LogP contribution >= 0.6 is 11.8 Å². The molecule has 0 unspecified atom stereocenters. The zero-order valence-corrected chi connectivity index (χ0v) is 18.9. The highest BCUT2D eigenvalue weighted by Crippen LogP contribution is 2.42. The zero-order valence-electron chi connectivity index (χ0n) is 18.1. The predicted octanol–water partition coefficient (Wildman–Crippen LogP) is 5.34. The number of hydrogen-bond acceptors (Lipinski definition) is 4. The normalized spacial score (nSPS) is 16.8. The first-order valence-corrected chi connectivity index (χ1v) is 11.3. The molecule has 4 rings (SSSR count). The Balaban J connectivity index is 1.71. The van der Waals surface area contributed by atoms with Crippen molar-refractivity contribution in [2.24, 2.45) is 0 Å². The molecule has 1 heterocycles. The van der Waals surface area contributed by atoms with Gasteiger partial charge in [0.25, 0.3) is 5.91 Å². The minimum atomic E-state index is -0.729. The Labute approximate surface area is 199 Å². The van der Waals surface area contributed by atoms with Gasteiger partial charge in [-0.2, -0.15) is 5.26 Å². The van der Waals surface area contributed by atoms with Gasteiger partial charge in [-0.25, -0.2) is 8.78 Å². The van der Waals surface area contributed by atoms with Gasteiger partial charge in [-0.3, -0.25) is 14.5 Å². The van der Waals surface area contributed by atoms with E-state index >= 15 is 0 Å². The number of nitrogens with zero attached hydrogens (tertiary/aromatic N) is 2. The van der Waals surface area contributed by atoms with Gasteiger partial charge in [0.2, 0.25) is 5.91 Å². The van der Waals surface area contributed by atoms with E-state index in [1.54, 1.807) is 0 Å². The summed E-state index contributed by atoms with van der Waals surface area (Å²) in [5.74, 6) is -1.98. The summed E-state index contributed by atoms with van der Waals surface area (Å²) in [5, 5.41) is 12.0. The fraction of sp³-hybridized carbons (Fsp3) is 0.115. The van der Waals surface area contributed by atoms with E-state index in [9.17, 15) is 23.6 Å². The van der Waals surface area contributed by atoms with Crippen molar-refractivity contribution in [2.45, 2.75) is 18.6 Å². The molecule has 1 saturated heterocycles. The SMILES string of the molecule is Cc1ccc(C[C@@H]2S/C(=C(\C#N)C(=O)Nc3ccc(F)cc3)N(c3ccc(F)cc3)C2=O)cc1. The van der Waals surface area contributed by atoms with Crippen LogP contribution in [0.15, 0.2) is 83.4 Å². The van der Waals surface area contributed by atoms with Crippen LogP contribution in [-0.4, -0.2) is 17.1 Å². The van der Waals surface area contributed by atoms with E-state index in [1.807, 2.05) is 37.3 Å². The monoisotopic (exact) mass is 475 g/mol. The first-order valence-electron chi connectivity index (χ1n) is 10.4. The van der Waals surface area contributed by atoms with E-state index in [2.05, 4.69) is 5.32 Å². The average Bonchev–Trinajstić information content (AvgIpc) is 3.13. The maximum Gasteiger partial charge on any atom is 0.269 e. The van der Waals surface area contributed by atoms with E-state index in [4.69, 9.17) is 0 Å². The molecule has 1 aliphatic heterocycles. The number of hydrogen-bond donors (Lipinski definition) is 1. The highest BCUT2D eigenvalue weighted by Gasteiger charge is 2.40. The Morgan fingerprint density at radius 3 is 2.18 bits per heavy atom. The van der Waals surface area contributed by atoms with Crippen molar-refractivity contribution in [1.29, 1.82) is 5.26 Å². The lowest BCUT2D eigenvalue weighted by atomic mass is 10.1. The summed E-state index contributed by atoms with van der Waals surface area (Å²) < 4.78 is 26.7. The number of amides is 2. The molecule has 1 aliphatic rings. The lowest BCUT2D eigenvalue weighted by Gasteiger charge is -2.18. The second kappa shape index (κ2) is 9.89. The number of benzene rings is 3. The molecule has 0 radical (unpaired) electrons. The Morgan fingerprint density at radius 2 is 1.59 bits per heavy atom. The van der Waals surface area contributed by atoms with Crippen molar-refractivity contribution in [3.63, 3.8) is 0 Å². The second-order valence-electron chi connectivity index (χ2n) is 7.70. The number of anilines is 2. The predicted molar refractivity (Wildman–Crippen MR) is 128 cm³/mol. The third kappa shape index (κ3) is 5.00. The van der Waals surface area contributed by atoms with E-state index in [-0.39, 0.29) is 16.5 Å². The smallest absolute Gasteiger partial charge is 0.269 e. The molecule has 0 aliphatic carbocycles. The molecule has 3 aromatic rings. The highest BCUT2D eigenvalue weighted by molar-refractivity contribution is 8.05. The number of rotatable bonds is 5. The van der Waals surface area contributed by atoms with Gasteiger partial charge in [0, 0.05) is 11.4 Å². The number of nitriles is 1. The zero-order chi connectivity index (χ0) is 24.2. The van der Waals surface area contributed by atoms with E-state index in [0.717, 1.165) is 22.9 Å². The van der Waals surface area contributed by atoms with Crippen LogP contribution in [0, 0.1) is 29.9 Å². The van der Waals surface area contributed by atoms with Gasteiger partial charge in [-0.15, -0.1) is 0 Å². The molecule has 0 spiro atoms. The van der Waals surface area contributed by atoms with Crippen molar-refractivity contribution in [3.05, 3.63) is 106 Å². The Hall–Kier alpha value is -3.96. The Kier molecular flexibility index (Phi) is 6.75. The third-order valence-corrected chi connectivity index (χ3v) is 6.50. The molecular formula is C26H19F2N3O2S. The second-order valence-corrected chi connectivity index (χ2v) is 8.89. The molecule has 2 amide bonds. The minimum absolute atomic E-state index is 0.163. The summed E-state index contributed by atoms with van der Waals surface area (Å²) in [4.78, 5) is 27.6. The molecular weight excluding hydrogens is 456 g/mol. The number of halogens is 2. The van der Waals surface area contributed by atoms with Crippen molar-refractivity contribution in [2.75, 3.05) is 10.2 Å². The topological polar surface area (TPSA) is 73.2 Å². The van der Waals surface area contributed by atoms with Crippen LogP contribution in [0.3, 0.4) is 0 Å². The standard InChI is InChI=1S/C26H19F2N3O2S/c1-16-2-4-17(5-3-16)14-23-25(33)31(21-12-8-19(28)9-13-21)26(34-23)22(15-29)24(32)30-20-10-6-18(27)7-11-20/h2-13,23H,14H2,1H3,(H,30,32)/b26-22+/t23-/m0/s1. The minimum Gasteiger partial charge on any atom is -0.321 e. The van der Waals surface area contributed by atoms with Gasteiger partial charge in [0.05, 0.1) is 5.25 Å². The van der Waals surface area contributed by atoms with Gasteiger partial charge in [0.15, 0.2) is 0 Å². The van der Waals surface area contributed by atoms with E-state index in [1.165, 1.54) is 53.4 Å².